The van der Waals surface area contributed by atoms with Crippen LogP contribution >= 0.6 is 0 Å². The number of ether oxygens (including phenoxy) is 2. The molecule has 0 atom stereocenters. The third-order valence-electron chi connectivity index (χ3n) is 1.72. The Labute approximate surface area is 89.0 Å². The molecule has 0 unspecified atom stereocenters. The summed E-state index contributed by atoms with van der Waals surface area (Å²) in [7, 11) is 1.57. The van der Waals surface area contributed by atoms with Crippen molar-refractivity contribution in [3.8, 4) is 5.75 Å². The zero-order valence-corrected chi connectivity index (χ0v) is 8.64. The van der Waals surface area contributed by atoms with E-state index in [1.165, 1.54) is 6.20 Å². The summed E-state index contributed by atoms with van der Waals surface area (Å²) in [5, 5.41) is 0. The van der Waals surface area contributed by atoms with Crippen molar-refractivity contribution in [1.82, 2.24) is 0 Å². The summed E-state index contributed by atoms with van der Waals surface area (Å²) >= 11 is 0. The summed E-state index contributed by atoms with van der Waals surface area (Å²) in [6.07, 6.45) is 1.41. The Bertz CT molecular complexity index is 344. The van der Waals surface area contributed by atoms with E-state index >= 15 is 0 Å². The van der Waals surface area contributed by atoms with Crippen LogP contribution in [0, 0.1) is 0 Å². The van der Waals surface area contributed by atoms with Gasteiger partial charge in [-0.25, -0.2) is 4.99 Å². The van der Waals surface area contributed by atoms with Gasteiger partial charge in [0, 0.05) is 18.9 Å². The number of nitrogens with zero attached hydrogens (tertiary/aromatic N) is 1. The molecule has 4 nitrogen and oxygen atoms in total. The number of aliphatic imine (C=N–C) groups is 1. The normalized spacial score (nSPS) is 11.1. The second kappa shape index (κ2) is 5.82. The number of hydrogen-bond donors (Lipinski definition) is 1. The Balaban J connectivity index is 2.71. The molecule has 0 aliphatic rings. The molecule has 1 rings (SSSR count). The zero-order chi connectivity index (χ0) is 11.1. The predicted molar refractivity (Wildman–Crippen MR) is 59.9 cm³/mol. The molecule has 0 bridgehead atoms. The Morgan fingerprint density at radius 2 is 2.13 bits per heavy atom. The fourth-order valence-corrected chi connectivity index (χ4v) is 1.02. The second-order valence-electron chi connectivity index (χ2n) is 2.77. The molecule has 1 aromatic rings. The van der Waals surface area contributed by atoms with Gasteiger partial charge in [-0.15, -0.1) is 0 Å². The highest BCUT2D eigenvalue weighted by atomic mass is 16.7. The summed E-state index contributed by atoms with van der Waals surface area (Å²) in [6.45, 7) is 3.71. The van der Waals surface area contributed by atoms with Gasteiger partial charge in [-0.1, -0.05) is 6.58 Å². The van der Waals surface area contributed by atoms with E-state index in [-0.39, 0.29) is 6.79 Å². The fourth-order valence-electron chi connectivity index (χ4n) is 1.02. The molecule has 0 amide bonds. The summed E-state index contributed by atoms with van der Waals surface area (Å²) in [5.74, 6) is 1.16. The molecule has 0 aliphatic heterocycles. The monoisotopic (exact) mass is 206 g/mol. The standard InChI is InChI=1S/C11H14N2O2/c1-3-13-11(12)9-4-6-10(7-5-9)15-8-14-2/h3-7H,1,8H2,2H3,(H2,12,13). The number of nitrogens with two attached hydrogens (primary N) is 1. The molecular formula is C11H14N2O2. The van der Waals surface area contributed by atoms with E-state index in [0.717, 1.165) is 11.3 Å². The van der Waals surface area contributed by atoms with Crippen LogP contribution in [0.25, 0.3) is 0 Å². The molecule has 0 saturated heterocycles. The second-order valence-corrected chi connectivity index (χ2v) is 2.77. The molecule has 1 aromatic carbocycles. The van der Waals surface area contributed by atoms with E-state index in [1.807, 2.05) is 12.1 Å². The van der Waals surface area contributed by atoms with E-state index in [9.17, 15) is 0 Å². The molecule has 80 valence electrons. The molecule has 0 aliphatic carbocycles. The number of amidine groups is 1. The Kier molecular flexibility index (Phi) is 4.37. The number of benzene rings is 1. The minimum Gasteiger partial charge on any atom is -0.468 e. The topological polar surface area (TPSA) is 56.8 Å². The summed E-state index contributed by atoms with van der Waals surface area (Å²) < 4.78 is 10.0. The first kappa shape index (κ1) is 11.3. The average molecular weight is 206 g/mol. The molecule has 0 radical (unpaired) electrons. The smallest absolute Gasteiger partial charge is 0.188 e. The number of methoxy groups -OCH3 is 1. The molecular weight excluding hydrogens is 192 g/mol. The predicted octanol–water partition coefficient (Wildman–Crippen LogP) is 1.52. The quantitative estimate of drug-likeness (QED) is 0.451. The highest BCUT2D eigenvalue weighted by Crippen LogP contribution is 2.11. The van der Waals surface area contributed by atoms with Crippen molar-refractivity contribution in [3.63, 3.8) is 0 Å². The number of rotatable bonds is 5. The first-order valence-corrected chi connectivity index (χ1v) is 4.44. The first-order valence-electron chi connectivity index (χ1n) is 4.44. The lowest BCUT2D eigenvalue weighted by atomic mass is 10.2. The maximum Gasteiger partial charge on any atom is 0.188 e. The zero-order valence-electron chi connectivity index (χ0n) is 8.64. The highest BCUT2D eigenvalue weighted by Gasteiger charge is 1.98. The Morgan fingerprint density at radius 1 is 1.47 bits per heavy atom. The minimum absolute atomic E-state index is 0.232. The van der Waals surface area contributed by atoms with E-state index in [2.05, 4.69) is 11.6 Å². The van der Waals surface area contributed by atoms with Crippen molar-refractivity contribution < 1.29 is 9.47 Å². The van der Waals surface area contributed by atoms with Crippen LogP contribution in [0.1, 0.15) is 5.56 Å². The lowest BCUT2D eigenvalue weighted by Crippen LogP contribution is -2.12. The van der Waals surface area contributed by atoms with E-state index in [1.54, 1.807) is 19.2 Å². The third-order valence-corrected chi connectivity index (χ3v) is 1.72. The van der Waals surface area contributed by atoms with Crippen molar-refractivity contribution in [3.05, 3.63) is 42.6 Å². The highest BCUT2D eigenvalue weighted by molar-refractivity contribution is 5.97. The van der Waals surface area contributed by atoms with Gasteiger partial charge in [0.1, 0.15) is 11.6 Å². The summed E-state index contributed by atoms with van der Waals surface area (Å²) in [5.41, 5.74) is 6.50. The van der Waals surface area contributed by atoms with Gasteiger partial charge in [0.2, 0.25) is 0 Å². The molecule has 2 N–H and O–H groups in total. The van der Waals surface area contributed by atoms with Crippen molar-refractivity contribution in [2.45, 2.75) is 0 Å². The van der Waals surface area contributed by atoms with E-state index in [0.29, 0.717) is 5.84 Å². The molecule has 15 heavy (non-hydrogen) atoms. The van der Waals surface area contributed by atoms with E-state index < -0.39 is 0 Å². The molecule has 0 aromatic heterocycles. The molecule has 0 spiro atoms. The molecule has 0 saturated carbocycles. The SMILES string of the molecule is C=CN=C(N)c1ccc(OCOC)cc1. The maximum absolute atomic E-state index is 5.67. The molecule has 0 fully saturated rings. The van der Waals surface area contributed by atoms with Gasteiger partial charge in [-0.3, -0.25) is 0 Å². The third kappa shape index (κ3) is 3.44. The van der Waals surface area contributed by atoms with Crippen LogP contribution in [0.2, 0.25) is 0 Å². The average Bonchev–Trinajstić information content (AvgIpc) is 2.27. The van der Waals surface area contributed by atoms with Gasteiger partial charge in [-0.05, 0) is 24.3 Å². The number of hydrogen-bond acceptors (Lipinski definition) is 3. The lowest BCUT2D eigenvalue weighted by molar-refractivity contribution is 0.0511. The van der Waals surface area contributed by atoms with Crippen LogP contribution in [0.4, 0.5) is 0 Å². The minimum atomic E-state index is 0.232. The van der Waals surface area contributed by atoms with Crippen molar-refractivity contribution in [1.29, 1.82) is 0 Å². The van der Waals surface area contributed by atoms with Gasteiger partial charge in [0.25, 0.3) is 0 Å². The van der Waals surface area contributed by atoms with Crippen molar-refractivity contribution in [2.75, 3.05) is 13.9 Å². The van der Waals surface area contributed by atoms with Crippen LogP contribution < -0.4 is 10.5 Å². The van der Waals surface area contributed by atoms with Crippen molar-refractivity contribution >= 4 is 5.84 Å². The maximum atomic E-state index is 5.67. The van der Waals surface area contributed by atoms with Crippen molar-refractivity contribution in [2.24, 2.45) is 10.7 Å². The Hall–Kier alpha value is -1.81. The van der Waals surface area contributed by atoms with Gasteiger partial charge in [-0.2, -0.15) is 0 Å². The van der Waals surface area contributed by atoms with Crippen LogP contribution in [0.3, 0.4) is 0 Å². The fraction of sp³-hybridized carbons (Fsp3) is 0.182. The van der Waals surface area contributed by atoms with Crippen LogP contribution in [0.15, 0.2) is 42.0 Å². The lowest BCUT2D eigenvalue weighted by Gasteiger charge is -2.05. The van der Waals surface area contributed by atoms with Crippen LogP contribution in [-0.4, -0.2) is 19.7 Å². The van der Waals surface area contributed by atoms with Gasteiger partial charge < -0.3 is 15.2 Å². The van der Waals surface area contributed by atoms with Gasteiger partial charge in [0.15, 0.2) is 6.79 Å². The van der Waals surface area contributed by atoms with Gasteiger partial charge in [0.05, 0.1) is 0 Å². The summed E-state index contributed by atoms with van der Waals surface area (Å²) in [4.78, 5) is 3.88. The van der Waals surface area contributed by atoms with Crippen LogP contribution in [-0.2, 0) is 4.74 Å². The summed E-state index contributed by atoms with van der Waals surface area (Å²) in [6, 6.07) is 7.26. The van der Waals surface area contributed by atoms with Crippen LogP contribution in [0.5, 0.6) is 5.75 Å². The Morgan fingerprint density at radius 3 is 2.67 bits per heavy atom. The molecule has 0 heterocycles. The molecule has 4 heteroatoms. The largest absolute Gasteiger partial charge is 0.468 e. The van der Waals surface area contributed by atoms with Gasteiger partial charge >= 0.3 is 0 Å². The van der Waals surface area contributed by atoms with E-state index in [4.69, 9.17) is 15.2 Å². The first-order chi connectivity index (χ1) is 7.27.